The summed E-state index contributed by atoms with van der Waals surface area (Å²) in [4.78, 5) is 31.9. The minimum atomic E-state index is -0.502. The molecule has 0 aromatic carbocycles. The molecule has 1 fully saturated rings. The van der Waals surface area contributed by atoms with Crippen LogP contribution in [0.3, 0.4) is 0 Å². The number of likely N-dealkylation sites (N-methyl/N-ethyl adjacent to an activating group) is 1. The molecule has 1 aliphatic heterocycles. The van der Waals surface area contributed by atoms with Crippen molar-refractivity contribution in [2.75, 3.05) is 46.9 Å². The molecule has 0 spiro atoms. The fourth-order valence-corrected chi connectivity index (χ4v) is 2.83. The molecule has 1 N–H and O–H groups in total. The second-order valence-electron chi connectivity index (χ2n) is 7.32. The maximum Gasteiger partial charge on any atom is 0.410 e. The molecule has 0 bridgehead atoms. The smallest absolute Gasteiger partial charge is 0.410 e. The van der Waals surface area contributed by atoms with Crippen molar-refractivity contribution in [3.63, 3.8) is 0 Å². The molecule has 0 aromatic rings. The number of nitrogens with one attached hydrogen (secondary N) is 1. The van der Waals surface area contributed by atoms with Crippen LogP contribution in [-0.2, 0) is 14.3 Å². The highest BCUT2D eigenvalue weighted by Crippen LogP contribution is 2.18. The first-order valence-corrected chi connectivity index (χ1v) is 9.23. The monoisotopic (exact) mass is 498 g/mol. The number of aliphatic imine (C=N–C) groups is 1. The van der Waals surface area contributed by atoms with Crippen molar-refractivity contribution in [1.82, 2.24) is 15.1 Å². The largest absolute Gasteiger partial charge is 0.469 e. The molecule has 1 rings (SSSR count). The fraction of sp³-hybridized carbons (Fsp3) is 0.833. The number of halogens is 1. The van der Waals surface area contributed by atoms with Crippen LogP contribution < -0.4 is 5.32 Å². The van der Waals surface area contributed by atoms with Gasteiger partial charge < -0.3 is 24.6 Å². The number of esters is 1. The van der Waals surface area contributed by atoms with Crippen LogP contribution in [0.2, 0.25) is 0 Å². The van der Waals surface area contributed by atoms with Crippen LogP contribution in [0.25, 0.3) is 0 Å². The maximum atomic E-state index is 12.2. The standard InChI is InChI=1S/C18H34N4O4.HI/c1-7-21(17(24)26-18(2,3)4)13-10-20-16(19-5)22-11-8-14(9-12-22)15(23)25-6;/h14H,7-13H2,1-6H3,(H,19,20);1H. The number of carbonyl (C=O) groups is 2. The van der Waals surface area contributed by atoms with E-state index in [9.17, 15) is 9.59 Å². The Kier molecular flexibility index (Phi) is 11.7. The Bertz CT molecular complexity index is 500. The Labute approximate surface area is 180 Å². The highest BCUT2D eigenvalue weighted by Gasteiger charge is 2.27. The third kappa shape index (κ3) is 8.98. The number of carbonyl (C=O) groups excluding carboxylic acids is 2. The van der Waals surface area contributed by atoms with Gasteiger partial charge >= 0.3 is 12.1 Å². The van der Waals surface area contributed by atoms with E-state index in [0.717, 1.165) is 31.9 Å². The molecule has 0 aliphatic carbocycles. The van der Waals surface area contributed by atoms with E-state index >= 15 is 0 Å². The van der Waals surface area contributed by atoms with Crippen molar-refractivity contribution in [2.24, 2.45) is 10.9 Å². The van der Waals surface area contributed by atoms with E-state index in [-0.39, 0.29) is 42.0 Å². The first kappa shape index (κ1) is 25.7. The Hall–Kier alpha value is -1.26. The van der Waals surface area contributed by atoms with Crippen molar-refractivity contribution in [1.29, 1.82) is 0 Å². The van der Waals surface area contributed by atoms with Crippen molar-refractivity contribution < 1.29 is 19.1 Å². The van der Waals surface area contributed by atoms with Gasteiger partial charge in [0.05, 0.1) is 13.0 Å². The second-order valence-corrected chi connectivity index (χ2v) is 7.32. The summed E-state index contributed by atoms with van der Waals surface area (Å²) in [6.07, 6.45) is 1.20. The van der Waals surface area contributed by atoms with E-state index < -0.39 is 5.60 Å². The van der Waals surface area contributed by atoms with E-state index in [0.29, 0.717) is 19.6 Å². The third-order valence-corrected chi connectivity index (χ3v) is 4.24. The Balaban J connectivity index is 0.00000676. The van der Waals surface area contributed by atoms with Crippen LogP contribution >= 0.6 is 24.0 Å². The first-order valence-electron chi connectivity index (χ1n) is 9.23. The van der Waals surface area contributed by atoms with Crippen molar-refractivity contribution in [3.05, 3.63) is 0 Å². The molecule has 0 radical (unpaired) electrons. The summed E-state index contributed by atoms with van der Waals surface area (Å²) in [7, 11) is 3.17. The van der Waals surface area contributed by atoms with Crippen LogP contribution in [0.4, 0.5) is 4.79 Å². The van der Waals surface area contributed by atoms with Crippen molar-refractivity contribution in [3.8, 4) is 0 Å². The lowest BCUT2D eigenvalue weighted by Gasteiger charge is -2.33. The molecule has 1 amide bonds. The van der Waals surface area contributed by atoms with Gasteiger partial charge in [0.2, 0.25) is 0 Å². The topological polar surface area (TPSA) is 83.5 Å². The number of amides is 1. The summed E-state index contributed by atoms with van der Waals surface area (Å²) in [5.74, 6) is 0.620. The van der Waals surface area contributed by atoms with E-state index in [1.807, 2.05) is 27.7 Å². The van der Waals surface area contributed by atoms with E-state index in [2.05, 4.69) is 15.2 Å². The fourth-order valence-electron chi connectivity index (χ4n) is 2.83. The van der Waals surface area contributed by atoms with Gasteiger partial charge in [-0.2, -0.15) is 0 Å². The molecule has 0 atom stereocenters. The Morgan fingerprint density at radius 1 is 1.26 bits per heavy atom. The predicted molar refractivity (Wildman–Crippen MR) is 117 cm³/mol. The Morgan fingerprint density at radius 2 is 1.85 bits per heavy atom. The number of likely N-dealkylation sites (tertiary alicyclic amines) is 1. The molecule has 158 valence electrons. The maximum absolute atomic E-state index is 12.2. The van der Waals surface area contributed by atoms with Crippen LogP contribution in [0.5, 0.6) is 0 Å². The SMILES string of the molecule is CCN(CCNC(=NC)N1CCC(C(=O)OC)CC1)C(=O)OC(C)(C)C.I. The number of piperidine rings is 1. The minimum Gasteiger partial charge on any atom is -0.469 e. The highest BCUT2D eigenvalue weighted by atomic mass is 127. The Morgan fingerprint density at radius 3 is 2.30 bits per heavy atom. The van der Waals surface area contributed by atoms with E-state index in [1.54, 1.807) is 11.9 Å². The van der Waals surface area contributed by atoms with Crippen molar-refractivity contribution >= 4 is 42.0 Å². The number of hydrogen-bond donors (Lipinski definition) is 1. The molecule has 0 aromatic heterocycles. The second kappa shape index (κ2) is 12.2. The van der Waals surface area contributed by atoms with Crippen LogP contribution in [-0.4, -0.2) is 80.3 Å². The predicted octanol–water partition coefficient (Wildman–Crippen LogP) is 2.32. The van der Waals surface area contributed by atoms with Crippen LogP contribution in [0.15, 0.2) is 4.99 Å². The van der Waals surface area contributed by atoms with Crippen LogP contribution in [0, 0.1) is 5.92 Å². The van der Waals surface area contributed by atoms with Gasteiger partial charge in [0, 0.05) is 39.8 Å². The molecule has 1 aliphatic rings. The molecule has 8 nitrogen and oxygen atoms in total. The molecule has 27 heavy (non-hydrogen) atoms. The molecular weight excluding hydrogens is 463 g/mol. The summed E-state index contributed by atoms with van der Waals surface area (Å²) in [5, 5.41) is 3.29. The van der Waals surface area contributed by atoms with Gasteiger partial charge in [-0.05, 0) is 40.5 Å². The average molecular weight is 498 g/mol. The molecule has 1 heterocycles. The molecular formula is C18H35IN4O4. The number of methoxy groups -OCH3 is 1. The van der Waals surface area contributed by atoms with Gasteiger partial charge in [-0.25, -0.2) is 4.79 Å². The lowest BCUT2D eigenvalue weighted by Crippen LogP contribution is -2.49. The number of ether oxygens (including phenoxy) is 2. The number of hydrogen-bond acceptors (Lipinski definition) is 5. The number of nitrogens with zero attached hydrogens (tertiary/aromatic N) is 3. The van der Waals surface area contributed by atoms with E-state index in [4.69, 9.17) is 9.47 Å². The zero-order chi connectivity index (χ0) is 19.7. The minimum absolute atomic E-state index is 0. The van der Waals surface area contributed by atoms with Gasteiger partial charge in [0.15, 0.2) is 5.96 Å². The molecule has 1 saturated heterocycles. The van der Waals surface area contributed by atoms with Gasteiger partial charge in [-0.15, -0.1) is 24.0 Å². The normalized spacial score (nSPS) is 15.6. The summed E-state index contributed by atoms with van der Waals surface area (Å²) < 4.78 is 10.2. The summed E-state index contributed by atoms with van der Waals surface area (Å²) >= 11 is 0. The van der Waals surface area contributed by atoms with E-state index in [1.165, 1.54) is 7.11 Å². The summed E-state index contributed by atoms with van der Waals surface area (Å²) in [5.41, 5.74) is -0.502. The number of guanidine groups is 1. The van der Waals surface area contributed by atoms with Gasteiger partial charge in [-0.1, -0.05) is 0 Å². The third-order valence-electron chi connectivity index (χ3n) is 4.24. The highest BCUT2D eigenvalue weighted by molar-refractivity contribution is 14.0. The number of rotatable bonds is 5. The lowest BCUT2D eigenvalue weighted by atomic mass is 9.97. The first-order chi connectivity index (χ1) is 12.2. The van der Waals surface area contributed by atoms with Crippen LogP contribution in [0.1, 0.15) is 40.5 Å². The summed E-state index contributed by atoms with van der Waals surface area (Å²) in [6.45, 7) is 10.7. The van der Waals surface area contributed by atoms with Crippen molar-refractivity contribution in [2.45, 2.75) is 46.1 Å². The van der Waals surface area contributed by atoms with Gasteiger partial charge in [-0.3, -0.25) is 9.79 Å². The quantitative estimate of drug-likeness (QED) is 0.271. The van der Waals surface area contributed by atoms with Gasteiger partial charge in [0.25, 0.3) is 0 Å². The zero-order valence-electron chi connectivity index (χ0n) is 17.4. The molecule has 0 saturated carbocycles. The van der Waals surface area contributed by atoms with Gasteiger partial charge in [0.1, 0.15) is 5.60 Å². The average Bonchev–Trinajstić information content (AvgIpc) is 2.60. The molecule has 9 heteroatoms. The zero-order valence-corrected chi connectivity index (χ0v) is 19.7. The molecule has 0 unspecified atom stereocenters. The lowest BCUT2D eigenvalue weighted by molar-refractivity contribution is -0.146. The summed E-state index contributed by atoms with van der Waals surface area (Å²) in [6, 6.07) is 0.